The molecular formula is C27H28ClN3O3. The molecule has 1 aliphatic heterocycles. The molecule has 0 spiro atoms. The van der Waals surface area contributed by atoms with Crippen LogP contribution in [0.25, 0.3) is 10.8 Å². The molecule has 3 aromatic rings. The van der Waals surface area contributed by atoms with Crippen molar-refractivity contribution in [3.8, 4) is 0 Å². The quantitative estimate of drug-likeness (QED) is 0.507. The summed E-state index contributed by atoms with van der Waals surface area (Å²) in [5, 5.41) is 5.27. The summed E-state index contributed by atoms with van der Waals surface area (Å²) in [6.45, 7) is 5.60. The SMILES string of the molecule is CC[C@@H](C)NC(=O)[C@@H](C)N(Cc1ccccc1Cl)C(=O)CN1C(=O)c2cccc3cccc1c23. The molecule has 0 unspecified atom stereocenters. The van der Waals surface area contributed by atoms with Crippen molar-refractivity contribution in [1.82, 2.24) is 10.2 Å². The predicted molar refractivity (Wildman–Crippen MR) is 135 cm³/mol. The van der Waals surface area contributed by atoms with Crippen LogP contribution < -0.4 is 10.2 Å². The molecule has 0 aromatic heterocycles. The Morgan fingerprint density at radius 2 is 1.74 bits per heavy atom. The number of hydrogen-bond acceptors (Lipinski definition) is 3. The maximum Gasteiger partial charge on any atom is 0.259 e. The van der Waals surface area contributed by atoms with Crippen LogP contribution in [0.3, 0.4) is 0 Å². The molecule has 0 saturated heterocycles. The minimum absolute atomic E-state index is 0.0144. The smallest absolute Gasteiger partial charge is 0.259 e. The van der Waals surface area contributed by atoms with Crippen LogP contribution in [0.15, 0.2) is 60.7 Å². The lowest BCUT2D eigenvalue weighted by Crippen LogP contribution is -2.52. The molecule has 34 heavy (non-hydrogen) atoms. The second kappa shape index (κ2) is 9.85. The van der Waals surface area contributed by atoms with Crippen LogP contribution in [-0.4, -0.2) is 41.2 Å². The van der Waals surface area contributed by atoms with Gasteiger partial charge in [-0.3, -0.25) is 19.3 Å². The Kier molecular flexibility index (Phi) is 6.89. The fraction of sp³-hybridized carbons (Fsp3) is 0.296. The molecular weight excluding hydrogens is 450 g/mol. The monoisotopic (exact) mass is 477 g/mol. The number of rotatable bonds is 8. The molecule has 3 amide bonds. The Morgan fingerprint density at radius 1 is 1.03 bits per heavy atom. The van der Waals surface area contributed by atoms with E-state index in [9.17, 15) is 14.4 Å². The van der Waals surface area contributed by atoms with Gasteiger partial charge in [-0.05, 0) is 49.4 Å². The van der Waals surface area contributed by atoms with E-state index in [0.29, 0.717) is 16.3 Å². The first-order valence-corrected chi connectivity index (χ1v) is 11.9. The van der Waals surface area contributed by atoms with E-state index in [0.717, 1.165) is 22.8 Å². The van der Waals surface area contributed by atoms with Crippen molar-refractivity contribution in [2.75, 3.05) is 11.4 Å². The highest BCUT2D eigenvalue weighted by Crippen LogP contribution is 2.37. The number of nitrogens with zero attached hydrogens (tertiary/aromatic N) is 2. The second-order valence-electron chi connectivity index (χ2n) is 8.68. The van der Waals surface area contributed by atoms with Crippen LogP contribution in [0.5, 0.6) is 0 Å². The van der Waals surface area contributed by atoms with Crippen molar-refractivity contribution in [3.63, 3.8) is 0 Å². The van der Waals surface area contributed by atoms with E-state index in [1.807, 2.05) is 62.4 Å². The van der Waals surface area contributed by atoms with E-state index in [2.05, 4.69) is 5.32 Å². The zero-order chi connectivity index (χ0) is 24.4. The molecule has 7 heteroatoms. The number of carbonyl (C=O) groups excluding carboxylic acids is 3. The van der Waals surface area contributed by atoms with E-state index in [1.165, 1.54) is 9.80 Å². The van der Waals surface area contributed by atoms with Crippen LogP contribution in [0, 0.1) is 0 Å². The summed E-state index contributed by atoms with van der Waals surface area (Å²) >= 11 is 6.37. The molecule has 0 aliphatic carbocycles. The summed E-state index contributed by atoms with van der Waals surface area (Å²) < 4.78 is 0. The molecule has 1 heterocycles. The molecule has 176 valence electrons. The minimum atomic E-state index is -0.742. The van der Waals surface area contributed by atoms with Crippen LogP contribution >= 0.6 is 11.6 Å². The van der Waals surface area contributed by atoms with Gasteiger partial charge in [-0.15, -0.1) is 0 Å². The topological polar surface area (TPSA) is 69.7 Å². The van der Waals surface area contributed by atoms with E-state index in [-0.39, 0.29) is 36.9 Å². The van der Waals surface area contributed by atoms with Crippen molar-refractivity contribution in [2.45, 2.75) is 45.8 Å². The predicted octanol–water partition coefficient (Wildman–Crippen LogP) is 4.79. The van der Waals surface area contributed by atoms with Gasteiger partial charge in [-0.1, -0.05) is 61.0 Å². The fourth-order valence-corrected chi connectivity index (χ4v) is 4.42. The Labute approximate surface area is 204 Å². The number of benzene rings is 3. The van der Waals surface area contributed by atoms with Crippen LogP contribution in [0.4, 0.5) is 5.69 Å². The Bertz CT molecular complexity index is 1250. The summed E-state index contributed by atoms with van der Waals surface area (Å²) in [7, 11) is 0. The van der Waals surface area contributed by atoms with Gasteiger partial charge in [0, 0.05) is 28.6 Å². The van der Waals surface area contributed by atoms with Crippen molar-refractivity contribution < 1.29 is 14.4 Å². The summed E-state index contributed by atoms with van der Waals surface area (Å²) in [5.41, 5.74) is 2.03. The molecule has 2 atom stereocenters. The average Bonchev–Trinajstić information content (AvgIpc) is 3.11. The third-order valence-electron chi connectivity index (χ3n) is 6.41. The maximum atomic E-state index is 13.6. The lowest BCUT2D eigenvalue weighted by atomic mass is 10.1. The number of amides is 3. The molecule has 0 saturated carbocycles. The van der Waals surface area contributed by atoms with E-state index >= 15 is 0 Å². The average molecular weight is 478 g/mol. The zero-order valence-corrected chi connectivity index (χ0v) is 20.3. The molecule has 6 nitrogen and oxygen atoms in total. The van der Waals surface area contributed by atoms with Gasteiger partial charge in [0.25, 0.3) is 5.91 Å². The fourth-order valence-electron chi connectivity index (χ4n) is 4.22. The standard InChI is InChI=1S/C27H28ClN3O3/c1-4-17(2)29-26(33)18(3)30(15-20-9-5-6-13-22(20)28)24(32)16-31-23-14-8-11-19-10-7-12-21(25(19)23)27(31)34/h5-14,17-18H,4,15-16H2,1-3H3,(H,29,33)/t17-,18-/m1/s1. The van der Waals surface area contributed by atoms with Gasteiger partial charge < -0.3 is 10.2 Å². The van der Waals surface area contributed by atoms with Gasteiger partial charge in [-0.25, -0.2) is 0 Å². The Morgan fingerprint density at radius 3 is 2.44 bits per heavy atom. The van der Waals surface area contributed by atoms with Gasteiger partial charge in [0.05, 0.1) is 5.69 Å². The van der Waals surface area contributed by atoms with Crippen LogP contribution in [0.1, 0.15) is 43.1 Å². The van der Waals surface area contributed by atoms with Gasteiger partial charge in [-0.2, -0.15) is 0 Å². The Balaban J connectivity index is 1.63. The zero-order valence-electron chi connectivity index (χ0n) is 19.5. The van der Waals surface area contributed by atoms with E-state index in [4.69, 9.17) is 11.6 Å². The minimum Gasteiger partial charge on any atom is -0.352 e. The largest absolute Gasteiger partial charge is 0.352 e. The molecule has 3 aromatic carbocycles. The normalized spacial score (nSPS) is 14.2. The second-order valence-corrected chi connectivity index (χ2v) is 9.09. The highest BCUT2D eigenvalue weighted by molar-refractivity contribution is 6.31. The molecule has 0 radical (unpaired) electrons. The Hall–Kier alpha value is -3.38. The summed E-state index contributed by atoms with van der Waals surface area (Å²) in [6, 6.07) is 17.7. The van der Waals surface area contributed by atoms with Crippen molar-refractivity contribution in [3.05, 3.63) is 76.8 Å². The van der Waals surface area contributed by atoms with Gasteiger partial charge in [0.15, 0.2) is 0 Å². The van der Waals surface area contributed by atoms with Crippen molar-refractivity contribution >= 4 is 45.8 Å². The van der Waals surface area contributed by atoms with Crippen LogP contribution in [-0.2, 0) is 16.1 Å². The summed E-state index contributed by atoms with van der Waals surface area (Å²) in [5.74, 6) is -0.785. The third-order valence-corrected chi connectivity index (χ3v) is 6.78. The number of carbonyl (C=O) groups is 3. The number of anilines is 1. The molecule has 1 N–H and O–H groups in total. The first kappa shape index (κ1) is 23.8. The molecule has 0 bridgehead atoms. The van der Waals surface area contributed by atoms with Gasteiger partial charge in [0.1, 0.15) is 12.6 Å². The molecule has 1 aliphatic rings. The molecule has 0 fully saturated rings. The number of halogens is 1. The van der Waals surface area contributed by atoms with Crippen LogP contribution in [0.2, 0.25) is 5.02 Å². The van der Waals surface area contributed by atoms with E-state index in [1.54, 1.807) is 19.1 Å². The van der Waals surface area contributed by atoms with Gasteiger partial charge in [0.2, 0.25) is 11.8 Å². The lowest BCUT2D eigenvalue weighted by Gasteiger charge is -2.31. The first-order chi connectivity index (χ1) is 16.3. The van der Waals surface area contributed by atoms with E-state index < -0.39 is 6.04 Å². The van der Waals surface area contributed by atoms with Gasteiger partial charge >= 0.3 is 0 Å². The highest BCUT2D eigenvalue weighted by Gasteiger charge is 2.34. The van der Waals surface area contributed by atoms with Crippen molar-refractivity contribution in [1.29, 1.82) is 0 Å². The number of hydrogen-bond donors (Lipinski definition) is 1. The third kappa shape index (κ3) is 4.50. The first-order valence-electron chi connectivity index (χ1n) is 11.5. The number of nitrogens with one attached hydrogen (secondary N) is 1. The maximum absolute atomic E-state index is 13.6. The van der Waals surface area contributed by atoms with Crippen molar-refractivity contribution in [2.24, 2.45) is 0 Å². The molecule has 4 rings (SSSR count). The summed E-state index contributed by atoms with van der Waals surface area (Å²) in [6.07, 6.45) is 0.779. The highest BCUT2D eigenvalue weighted by atomic mass is 35.5. The lowest BCUT2D eigenvalue weighted by molar-refractivity contribution is -0.139. The summed E-state index contributed by atoms with van der Waals surface area (Å²) in [4.78, 5) is 42.8.